The average Bonchev–Trinajstić information content (AvgIpc) is 3.48. The first-order valence-electron chi connectivity index (χ1n) is 22.6. The lowest BCUT2D eigenvalue weighted by Gasteiger charge is -2.78. The van der Waals surface area contributed by atoms with E-state index in [0.29, 0.717) is 63.3 Å². The zero-order chi connectivity index (χ0) is 43.9. The van der Waals surface area contributed by atoms with Gasteiger partial charge in [0.15, 0.2) is 34.9 Å². The van der Waals surface area contributed by atoms with Gasteiger partial charge in [0.2, 0.25) is 0 Å². The minimum absolute atomic E-state index is 0.383. The molecule has 0 bridgehead atoms. The second-order valence-electron chi connectivity index (χ2n) is 18.1. The molecule has 3 fully saturated rings. The Labute approximate surface area is 382 Å². The van der Waals surface area contributed by atoms with Gasteiger partial charge in [-0.3, -0.25) is 0 Å². The van der Waals surface area contributed by atoms with Crippen LogP contribution in [0.2, 0.25) is 0 Å². The molecule has 1 spiro atoms. The van der Waals surface area contributed by atoms with Crippen molar-refractivity contribution < 1.29 is 0 Å². The Morgan fingerprint density at radius 1 is 0.364 bits per heavy atom. The van der Waals surface area contributed by atoms with E-state index in [1.807, 2.05) is 84.9 Å². The van der Waals surface area contributed by atoms with Crippen molar-refractivity contribution in [2.24, 2.45) is 17.3 Å². The molecular weight excluding hydrogens is 809 g/mol. The van der Waals surface area contributed by atoms with Crippen LogP contribution < -0.4 is 0 Å². The fraction of sp³-hybridized carbons (Fsp3) is 0.138. The summed E-state index contributed by atoms with van der Waals surface area (Å²) in [5, 5.41) is 19.2. The summed E-state index contributed by atoms with van der Waals surface area (Å²) in [6, 6.07) is 61.6. The summed E-state index contributed by atoms with van der Waals surface area (Å²) in [7, 11) is 0. The van der Waals surface area contributed by atoms with Crippen molar-refractivity contribution in [1.29, 1.82) is 10.5 Å². The summed E-state index contributed by atoms with van der Waals surface area (Å²) in [5.41, 5.74) is 14.1. The zero-order valence-corrected chi connectivity index (χ0v) is 35.7. The molecule has 0 amide bonds. The van der Waals surface area contributed by atoms with E-state index in [-0.39, 0.29) is 0 Å². The smallest absolute Gasteiger partial charge is 0.164 e. The largest absolute Gasteiger partial charge is 0.208 e. The van der Waals surface area contributed by atoms with Crippen molar-refractivity contribution in [2.45, 2.75) is 31.1 Å². The molecule has 9 aromatic rings. The highest BCUT2D eigenvalue weighted by atomic mass is 15.0. The van der Waals surface area contributed by atoms with Gasteiger partial charge >= 0.3 is 0 Å². The third-order valence-electron chi connectivity index (χ3n) is 14.9. The number of aromatic nitrogens is 6. The molecule has 0 saturated heterocycles. The molecule has 8 heteroatoms. The average molecular weight is 847 g/mol. The van der Waals surface area contributed by atoms with Crippen LogP contribution in [0.1, 0.15) is 53.4 Å². The fourth-order valence-corrected chi connectivity index (χ4v) is 11.9. The molecule has 0 aliphatic heterocycles. The Morgan fingerprint density at radius 3 is 1.24 bits per heavy atom. The molecule has 310 valence electrons. The number of hydrogen-bond donors (Lipinski definition) is 0. The first kappa shape index (κ1) is 38.0. The van der Waals surface area contributed by atoms with Gasteiger partial charge in [-0.05, 0) is 148 Å². The van der Waals surface area contributed by atoms with Crippen LogP contribution in [0.5, 0.6) is 0 Å². The first-order chi connectivity index (χ1) is 32.5. The number of nitriles is 2. The summed E-state index contributed by atoms with van der Waals surface area (Å²) < 4.78 is 0. The van der Waals surface area contributed by atoms with Crippen LogP contribution in [0.4, 0.5) is 0 Å². The second-order valence-corrected chi connectivity index (χ2v) is 18.1. The van der Waals surface area contributed by atoms with Crippen molar-refractivity contribution in [3.63, 3.8) is 0 Å². The van der Waals surface area contributed by atoms with Gasteiger partial charge in [0, 0.05) is 33.4 Å². The highest BCUT2D eigenvalue weighted by Gasteiger charge is 2.76. The Hall–Kier alpha value is -8.46. The molecule has 3 saturated carbocycles. The lowest BCUT2D eigenvalue weighted by Crippen LogP contribution is -2.70. The Kier molecular flexibility index (Phi) is 8.53. The molecule has 5 unspecified atom stereocenters. The summed E-state index contributed by atoms with van der Waals surface area (Å²) >= 11 is 0. The van der Waals surface area contributed by atoms with Crippen LogP contribution in [-0.4, -0.2) is 29.9 Å². The quantitative estimate of drug-likeness (QED) is 0.155. The van der Waals surface area contributed by atoms with Gasteiger partial charge in [-0.2, -0.15) is 10.5 Å². The van der Waals surface area contributed by atoms with E-state index in [1.54, 1.807) is 24.3 Å². The maximum absolute atomic E-state index is 9.61. The first-order valence-corrected chi connectivity index (χ1v) is 22.6. The number of hydrogen-bond acceptors (Lipinski definition) is 8. The molecule has 0 N–H and O–H groups in total. The molecular formula is C58H38N8. The highest BCUT2D eigenvalue weighted by molar-refractivity contribution is 5.92. The number of benzene rings is 7. The molecule has 7 aromatic carbocycles. The van der Waals surface area contributed by atoms with E-state index in [0.717, 1.165) is 56.3 Å². The van der Waals surface area contributed by atoms with E-state index >= 15 is 0 Å². The Morgan fingerprint density at radius 2 is 0.758 bits per heavy atom. The van der Waals surface area contributed by atoms with E-state index in [1.165, 1.54) is 41.5 Å². The molecule has 2 heterocycles. The van der Waals surface area contributed by atoms with E-state index in [2.05, 4.69) is 72.8 Å². The monoisotopic (exact) mass is 846 g/mol. The topological polar surface area (TPSA) is 125 Å². The normalized spacial score (nSPS) is 20.3. The predicted molar refractivity (Wildman–Crippen MR) is 255 cm³/mol. The number of nitrogens with zero attached hydrogens (tertiary/aromatic N) is 8. The zero-order valence-electron chi connectivity index (χ0n) is 35.7. The molecule has 0 radical (unpaired) electrons. The lowest BCUT2D eigenvalue weighted by molar-refractivity contribution is -0.252. The van der Waals surface area contributed by atoms with Gasteiger partial charge in [-0.15, -0.1) is 0 Å². The van der Waals surface area contributed by atoms with Gasteiger partial charge in [-0.1, -0.05) is 103 Å². The van der Waals surface area contributed by atoms with Crippen LogP contribution in [-0.2, 0) is 0 Å². The maximum atomic E-state index is 9.61. The molecule has 2 aromatic heterocycles. The summed E-state index contributed by atoms with van der Waals surface area (Å²) in [6.45, 7) is 0. The highest BCUT2D eigenvalue weighted by Crippen LogP contribution is 2.85. The van der Waals surface area contributed by atoms with Crippen LogP contribution in [0.15, 0.2) is 170 Å². The lowest BCUT2D eigenvalue weighted by atomic mass is 9.25. The van der Waals surface area contributed by atoms with E-state index in [4.69, 9.17) is 29.9 Å². The van der Waals surface area contributed by atoms with Crippen LogP contribution in [0.25, 0.3) is 90.6 Å². The molecule has 4 aliphatic rings. The third-order valence-corrected chi connectivity index (χ3v) is 14.9. The van der Waals surface area contributed by atoms with E-state index in [9.17, 15) is 10.5 Å². The Balaban J connectivity index is 1.07. The fourth-order valence-electron chi connectivity index (χ4n) is 11.9. The molecule has 5 atom stereocenters. The summed E-state index contributed by atoms with van der Waals surface area (Å²) in [5.74, 6) is 5.79. The molecule has 66 heavy (non-hydrogen) atoms. The van der Waals surface area contributed by atoms with Gasteiger partial charge in [-0.25, -0.2) is 29.9 Å². The summed E-state index contributed by atoms with van der Waals surface area (Å²) in [6.07, 6.45) is 3.90. The minimum atomic E-state index is 0.383. The number of rotatable bonds is 7. The molecule has 13 rings (SSSR count). The number of fused-ring (bicyclic) bond motifs is 5. The van der Waals surface area contributed by atoms with Gasteiger partial charge in [0.1, 0.15) is 0 Å². The predicted octanol–water partition coefficient (Wildman–Crippen LogP) is 12.7. The van der Waals surface area contributed by atoms with Crippen molar-refractivity contribution in [3.8, 4) is 103 Å². The minimum Gasteiger partial charge on any atom is -0.208 e. The van der Waals surface area contributed by atoms with Crippen LogP contribution >= 0.6 is 0 Å². The van der Waals surface area contributed by atoms with Gasteiger partial charge in [0.05, 0.1) is 23.3 Å². The van der Waals surface area contributed by atoms with Crippen LogP contribution in [0.3, 0.4) is 0 Å². The standard InChI is InChI=1S/C58H38N8/c59-32-34-18-22-38(23-19-34)54-61-52(36-10-3-1-4-11-36)63-56(65-54)41-26-40(45-16-9-17-48-50-31-44-29-43-30-49(58(43,44)50)46-14-7-8-15-47(46)51(45)48)27-42(28-41)57-64-53(37-12-5-2-6-13-37)62-55(66-57)39-24-20-35(33-60)21-25-39/h1-28,43-44,49-50H,29-31H2. The maximum Gasteiger partial charge on any atom is 0.164 e. The molecule has 8 nitrogen and oxygen atoms in total. The van der Waals surface area contributed by atoms with Crippen molar-refractivity contribution >= 4 is 0 Å². The Bertz CT molecular complexity index is 3330. The van der Waals surface area contributed by atoms with E-state index < -0.39 is 0 Å². The SMILES string of the molecule is N#Cc1ccc(-c2nc(-c3ccccc3)nc(-c3cc(-c4nc(-c5ccccc5)nc(-c5ccc(C#N)cc5)n4)cc(-c4cccc5c4-c4ccccc4C4CC6CC7CC5C674)c3)n2)cc1. The van der Waals surface area contributed by atoms with Crippen molar-refractivity contribution in [2.75, 3.05) is 0 Å². The second kappa shape index (κ2) is 14.8. The third kappa shape index (κ3) is 5.82. The van der Waals surface area contributed by atoms with Crippen LogP contribution in [0, 0.1) is 39.9 Å². The summed E-state index contributed by atoms with van der Waals surface area (Å²) in [4.78, 5) is 30.8. The molecule has 4 aliphatic carbocycles. The van der Waals surface area contributed by atoms with Gasteiger partial charge in [0.25, 0.3) is 0 Å². The van der Waals surface area contributed by atoms with Crippen molar-refractivity contribution in [3.05, 3.63) is 192 Å². The van der Waals surface area contributed by atoms with Gasteiger partial charge < -0.3 is 0 Å². The van der Waals surface area contributed by atoms with Crippen molar-refractivity contribution in [1.82, 2.24) is 29.9 Å².